The normalized spacial score (nSPS) is 17.0. The zero-order chi connectivity index (χ0) is 21.1. The highest BCUT2D eigenvalue weighted by Gasteiger charge is 2.31. The van der Waals surface area contributed by atoms with E-state index in [-0.39, 0.29) is 11.9 Å². The predicted octanol–water partition coefficient (Wildman–Crippen LogP) is 1.58. The number of nitrogens with two attached hydrogens (primary N) is 2. The molecule has 4 heterocycles. The van der Waals surface area contributed by atoms with E-state index in [2.05, 4.69) is 31.7 Å². The number of amides is 1. The summed E-state index contributed by atoms with van der Waals surface area (Å²) in [4.78, 5) is 29.8. The van der Waals surface area contributed by atoms with Crippen LogP contribution >= 0.6 is 0 Å². The Morgan fingerprint density at radius 2 is 1.80 bits per heavy atom. The number of aromatic nitrogens is 3. The van der Waals surface area contributed by atoms with E-state index >= 15 is 0 Å². The highest BCUT2D eigenvalue weighted by molar-refractivity contribution is 5.79. The number of nitrogens with zero attached hydrogens (tertiary/aromatic N) is 5. The van der Waals surface area contributed by atoms with Crippen LogP contribution in [-0.2, 0) is 4.79 Å². The lowest BCUT2D eigenvalue weighted by Gasteiger charge is -2.34. The largest absolute Gasteiger partial charge is 0.384 e. The van der Waals surface area contributed by atoms with Gasteiger partial charge in [-0.15, -0.1) is 0 Å². The molecule has 2 aliphatic heterocycles. The molecule has 30 heavy (non-hydrogen) atoms. The van der Waals surface area contributed by atoms with Crippen LogP contribution in [0.5, 0.6) is 0 Å². The minimum atomic E-state index is 0.0926. The second kappa shape index (κ2) is 8.57. The van der Waals surface area contributed by atoms with Crippen LogP contribution in [-0.4, -0.2) is 51.9 Å². The van der Waals surface area contributed by atoms with Crippen molar-refractivity contribution in [1.82, 2.24) is 19.9 Å². The summed E-state index contributed by atoms with van der Waals surface area (Å²) in [6.07, 6.45) is 5.51. The molecule has 2 aromatic heterocycles. The highest BCUT2D eigenvalue weighted by Crippen LogP contribution is 2.28. The fraction of sp³-hybridized carbons (Fsp3) is 0.455. The molecule has 0 unspecified atom stereocenters. The molecule has 2 saturated heterocycles. The number of hydrogen-bond donors (Lipinski definition) is 2. The number of carbonyl (C=O) groups is 1. The van der Waals surface area contributed by atoms with E-state index in [1.54, 1.807) is 12.3 Å². The van der Waals surface area contributed by atoms with Gasteiger partial charge in [0.1, 0.15) is 11.6 Å². The number of pyridine rings is 1. The number of aryl methyl sites for hydroxylation is 1. The molecule has 0 saturated carbocycles. The Labute approximate surface area is 176 Å². The molecule has 1 amide bonds. The molecule has 2 aromatic rings. The molecule has 4 rings (SSSR count). The molecule has 8 heteroatoms. The van der Waals surface area contributed by atoms with E-state index in [9.17, 15) is 4.79 Å². The van der Waals surface area contributed by atoms with Gasteiger partial charge < -0.3 is 21.3 Å². The number of rotatable bonds is 2. The van der Waals surface area contributed by atoms with Crippen molar-refractivity contribution in [2.45, 2.75) is 32.6 Å². The minimum Gasteiger partial charge on any atom is -0.384 e. The average Bonchev–Trinajstić information content (AvgIpc) is 3.28. The molecule has 0 atom stereocenters. The lowest BCUT2D eigenvalue weighted by Crippen LogP contribution is -2.42. The van der Waals surface area contributed by atoms with E-state index in [0.29, 0.717) is 11.7 Å². The van der Waals surface area contributed by atoms with Gasteiger partial charge in [0.05, 0.1) is 11.3 Å². The summed E-state index contributed by atoms with van der Waals surface area (Å²) >= 11 is 0. The van der Waals surface area contributed by atoms with Gasteiger partial charge in [0.25, 0.3) is 0 Å². The standard InChI is InChI=1S/C22H27N7O/c1-15-18(6-4-16-5-7-19(23)25-14-16)20(27-22(24)26-15)28-12-8-17(9-13-28)21(30)29-10-2-3-11-29/h5,7,14,17H,2-3,8-13H2,1H3,(H2,23,25)(H2,24,26,27). The first-order chi connectivity index (χ1) is 14.5. The molecular weight excluding hydrogens is 378 g/mol. The van der Waals surface area contributed by atoms with E-state index in [1.165, 1.54) is 0 Å². The molecule has 0 radical (unpaired) electrons. The third-order valence-corrected chi connectivity index (χ3v) is 5.77. The molecule has 8 nitrogen and oxygen atoms in total. The van der Waals surface area contributed by atoms with E-state index in [4.69, 9.17) is 11.5 Å². The molecule has 0 aromatic carbocycles. The first-order valence-corrected chi connectivity index (χ1v) is 10.4. The van der Waals surface area contributed by atoms with Crippen LogP contribution in [0.4, 0.5) is 17.6 Å². The molecule has 2 aliphatic rings. The highest BCUT2D eigenvalue weighted by atomic mass is 16.2. The van der Waals surface area contributed by atoms with Crippen molar-refractivity contribution in [1.29, 1.82) is 0 Å². The second-order valence-electron chi connectivity index (χ2n) is 7.88. The number of anilines is 3. The van der Waals surface area contributed by atoms with Crippen molar-refractivity contribution < 1.29 is 4.79 Å². The predicted molar refractivity (Wildman–Crippen MR) is 117 cm³/mol. The average molecular weight is 406 g/mol. The van der Waals surface area contributed by atoms with Crippen LogP contribution in [0.2, 0.25) is 0 Å². The van der Waals surface area contributed by atoms with Crippen molar-refractivity contribution in [3.63, 3.8) is 0 Å². The number of carbonyl (C=O) groups excluding carboxylic acids is 1. The lowest BCUT2D eigenvalue weighted by molar-refractivity contribution is -0.135. The Hall–Kier alpha value is -3.34. The number of nitrogen functional groups attached to an aromatic ring is 2. The van der Waals surface area contributed by atoms with Crippen molar-refractivity contribution >= 4 is 23.5 Å². The zero-order valence-corrected chi connectivity index (χ0v) is 17.3. The third-order valence-electron chi connectivity index (χ3n) is 5.77. The summed E-state index contributed by atoms with van der Waals surface area (Å²) < 4.78 is 0. The summed E-state index contributed by atoms with van der Waals surface area (Å²) in [5, 5.41) is 0. The Bertz CT molecular complexity index is 979. The van der Waals surface area contributed by atoms with Crippen molar-refractivity contribution in [3.05, 3.63) is 35.2 Å². The quantitative estimate of drug-likeness (QED) is 0.729. The van der Waals surface area contributed by atoms with Crippen molar-refractivity contribution in [3.8, 4) is 11.8 Å². The van der Waals surface area contributed by atoms with Crippen molar-refractivity contribution in [2.24, 2.45) is 5.92 Å². The van der Waals surface area contributed by atoms with Crippen LogP contribution in [0.3, 0.4) is 0 Å². The fourth-order valence-electron chi connectivity index (χ4n) is 4.10. The van der Waals surface area contributed by atoms with Crippen molar-refractivity contribution in [2.75, 3.05) is 42.5 Å². The van der Waals surface area contributed by atoms with Crippen LogP contribution in [0.25, 0.3) is 0 Å². The summed E-state index contributed by atoms with van der Waals surface area (Å²) in [7, 11) is 0. The SMILES string of the molecule is Cc1nc(N)nc(N2CCC(C(=O)N3CCCC3)CC2)c1C#Cc1ccc(N)nc1. The smallest absolute Gasteiger partial charge is 0.225 e. The van der Waals surface area contributed by atoms with Crippen LogP contribution < -0.4 is 16.4 Å². The first kappa shape index (κ1) is 20.0. The Morgan fingerprint density at radius 1 is 1.07 bits per heavy atom. The van der Waals surface area contributed by atoms with E-state index < -0.39 is 0 Å². The van der Waals surface area contributed by atoms with Gasteiger partial charge in [-0.2, -0.15) is 4.98 Å². The Balaban J connectivity index is 1.53. The molecule has 0 aliphatic carbocycles. The maximum Gasteiger partial charge on any atom is 0.225 e. The first-order valence-electron chi connectivity index (χ1n) is 10.4. The molecule has 0 bridgehead atoms. The second-order valence-corrected chi connectivity index (χ2v) is 7.88. The van der Waals surface area contributed by atoms with Gasteiger partial charge in [-0.25, -0.2) is 9.97 Å². The van der Waals surface area contributed by atoms with E-state index in [1.807, 2.05) is 17.9 Å². The fourth-order valence-corrected chi connectivity index (χ4v) is 4.10. The number of piperidine rings is 1. The van der Waals surface area contributed by atoms with Crippen LogP contribution in [0.15, 0.2) is 18.3 Å². The molecule has 0 spiro atoms. The Kier molecular flexibility index (Phi) is 5.70. The van der Waals surface area contributed by atoms with Gasteiger partial charge in [-0.1, -0.05) is 11.8 Å². The maximum absolute atomic E-state index is 12.7. The molecular formula is C22H27N7O. The van der Waals surface area contributed by atoms with Gasteiger partial charge in [0.15, 0.2) is 0 Å². The van der Waals surface area contributed by atoms with Crippen LogP contribution in [0.1, 0.15) is 42.5 Å². The Morgan fingerprint density at radius 3 is 2.47 bits per heavy atom. The molecule has 4 N–H and O–H groups in total. The zero-order valence-electron chi connectivity index (χ0n) is 17.3. The summed E-state index contributed by atoms with van der Waals surface area (Å²) in [6, 6.07) is 3.55. The summed E-state index contributed by atoms with van der Waals surface area (Å²) in [5.74, 6) is 8.14. The summed E-state index contributed by atoms with van der Waals surface area (Å²) in [6.45, 7) is 5.19. The lowest BCUT2D eigenvalue weighted by atomic mass is 9.95. The maximum atomic E-state index is 12.7. The summed E-state index contributed by atoms with van der Waals surface area (Å²) in [5.41, 5.74) is 13.8. The topological polar surface area (TPSA) is 114 Å². The molecule has 156 valence electrons. The van der Waals surface area contributed by atoms with Gasteiger partial charge in [0.2, 0.25) is 11.9 Å². The van der Waals surface area contributed by atoms with Gasteiger partial charge in [0, 0.05) is 43.9 Å². The third kappa shape index (κ3) is 4.30. The van der Waals surface area contributed by atoms with Crippen LogP contribution in [0, 0.1) is 24.7 Å². The monoisotopic (exact) mass is 405 g/mol. The van der Waals surface area contributed by atoms with Gasteiger partial charge in [-0.05, 0) is 44.7 Å². The number of likely N-dealkylation sites (tertiary alicyclic amines) is 1. The van der Waals surface area contributed by atoms with Gasteiger partial charge >= 0.3 is 0 Å². The minimum absolute atomic E-state index is 0.0926. The van der Waals surface area contributed by atoms with E-state index in [0.717, 1.165) is 74.5 Å². The molecule has 2 fully saturated rings. The van der Waals surface area contributed by atoms with Gasteiger partial charge in [-0.3, -0.25) is 4.79 Å². The number of hydrogen-bond acceptors (Lipinski definition) is 7.